The zero-order valence-corrected chi connectivity index (χ0v) is 12.6. The largest absolute Gasteiger partial charge is 0.361 e. The highest BCUT2D eigenvalue weighted by atomic mass is 16.5. The molecule has 2 aromatic rings. The standard InChI is InChI=1S/C14H19N5O2/c1-8-7-9(2)16-14(15-8)18-17-13(20)6-5-12-10(3)19-21-11(12)4/h7H,5-6H2,1-4H3,(H,17,20)(H,15,16,18). The number of carbonyl (C=O) groups excluding carboxylic acids is 1. The Morgan fingerprint density at radius 3 is 2.43 bits per heavy atom. The molecule has 0 spiro atoms. The van der Waals surface area contributed by atoms with Crippen LogP contribution in [0, 0.1) is 27.7 Å². The third-order valence-corrected chi connectivity index (χ3v) is 3.08. The SMILES string of the molecule is Cc1cc(C)nc(NNC(=O)CCc2c(C)noc2C)n1. The summed E-state index contributed by atoms with van der Waals surface area (Å²) >= 11 is 0. The summed E-state index contributed by atoms with van der Waals surface area (Å²) < 4.78 is 5.07. The van der Waals surface area contributed by atoms with Crippen molar-refractivity contribution >= 4 is 11.9 Å². The van der Waals surface area contributed by atoms with Gasteiger partial charge in [-0.05, 0) is 40.2 Å². The molecule has 2 heterocycles. The van der Waals surface area contributed by atoms with Gasteiger partial charge < -0.3 is 4.52 Å². The van der Waals surface area contributed by atoms with Crippen molar-refractivity contribution in [3.63, 3.8) is 0 Å². The Morgan fingerprint density at radius 1 is 1.19 bits per heavy atom. The number of rotatable bonds is 5. The van der Waals surface area contributed by atoms with Crippen LogP contribution in [0.5, 0.6) is 0 Å². The first-order valence-electron chi connectivity index (χ1n) is 6.74. The molecule has 0 fully saturated rings. The fourth-order valence-corrected chi connectivity index (χ4v) is 2.07. The van der Waals surface area contributed by atoms with Crippen LogP contribution in [0.25, 0.3) is 0 Å². The predicted molar refractivity (Wildman–Crippen MR) is 77.6 cm³/mol. The van der Waals surface area contributed by atoms with Crippen molar-refractivity contribution in [2.75, 3.05) is 5.43 Å². The number of carbonyl (C=O) groups is 1. The number of nitrogens with one attached hydrogen (secondary N) is 2. The molecule has 7 heteroatoms. The number of hydrogen-bond donors (Lipinski definition) is 2. The Kier molecular flexibility index (Phi) is 4.52. The van der Waals surface area contributed by atoms with Crippen molar-refractivity contribution < 1.29 is 9.32 Å². The van der Waals surface area contributed by atoms with Crippen molar-refractivity contribution in [1.82, 2.24) is 20.6 Å². The summed E-state index contributed by atoms with van der Waals surface area (Å²) in [4.78, 5) is 20.2. The number of aromatic nitrogens is 3. The molecular weight excluding hydrogens is 270 g/mol. The molecule has 0 bridgehead atoms. The summed E-state index contributed by atoms with van der Waals surface area (Å²) in [7, 11) is 0. The number of aryl methyl sites for hydroxylation is 4. The summed E-state index contributed by atoms with van der Waals surface area (Å²) in [5.41, 5.74) is 8.80. The number of hydrogen-bond acceptors (Lipinski definition) is 6. The molecule has 1 amide bonds. The average molecular weight is 289 g/mol. The van der Waals surface area contributed by atoms with Crippen LogP contribution in [-0.2, 0) is 11.2 Å². The first kappa shape index (κ1) is 15.0. The van der Waals surface area contributed by atoms with Gasteiger partial charge in [0.2, 0.25) is 11.9 Å². The Labute approximate surface area is 123 Å². The summed E-state index contributed by atoms with van der Waals surface area (Å²) in [6, 6.07) is 1.87. The quantitative estimate of drug-likeness (QED) is 0.815. The van der Waals surface area contributed by atoms with E-state index in [1.165, 1.54) is 0 Å². The molecule has 0 aromatic carbocycles. The zero-order valence-electron chi connectivity index (χ0n) is 12.6. The van der Waals surface area contributed by atoms with Crippen molar-refractivity contribution in [2.45, 2.75) is 40.5 Å². The van der Waals surface area contributed by atoms with Crippen LogP contribution in [0.2, 0.25) is 0 Å². The van der Waals surface area contributed by atoms with Gasteiger partial charge in [-0.25, -0.2) is 9.97 Å². The highest BCUT2D eigenvalue weighted by molar-refractivity contribution is 5.77. The minimum absolute atomic E-state index is 0.141. The van der Waals surface area contributed by atoms with E-state index in [0.717, 1.165) is 28.4 Å². The lowest BCUT2D eigenvalue weighted by Gasteiger charge is -2.08. The summed E-state index contributed by atoms with van der Waals surface area (Å²) in [6.45, 7) is 7.46. The molecule has 0 saturated heterocycles. The Morgan fingerprint density at radius 2 is 1.86 bits per heavy atom. The fraction of sp³-hybridized carbons (Fsp3) is 0.429. The molecule has 2 rings (SSSR count). The van der Waals surface area contributed by atoms with Gasteiger partial charge in [0.25, 0.3) is 0 Å². The molecule has 0 aliphatic carbocycles. The maximum absolute atomic E-state index is 11.8. The van der Waals surface area contributed by atoms with Crippen LogP contribution in [0.3, 0.4) is 0 Å². The van der Waals surface area contributed by atoms with Gasteiger partial charge in [0.05, 0.1) is 5.69 Å². The molecule has 0 aliphatic heterocycles. The molecule has 0 saturated carbocycles. The Balaban J connectivity index is 1.85. The number of hydrazine groups is 1. The van der Waals surface area contributed by atoms with Gasteiger partial charge in [-0.1, -0.05) is 5.16 Å². The third-order valence-electron chi connectivity index (χ3n) is 3.08. The van der Waals surface area contributed by atoms with Crippen LogP contribution in [0.15, 0.2) is 10.6 Å². The van der Waals surface area contributed by atoms with Crippen LogP contribution in [0.1, 0.15) is 34.8 Å². The smallest absolute Gasteiger partial charge is 0.242 e. The van der Waals surface area contributed by atoms with E-state index in [-0.39, 0.29) is 5.91 Å². The van der Waals surface area contributed by atoms with E-state index in [1.54, 1.807) is 0 Å². The molecule has 0 atom stereocenters. The van der Waals surface area contributed by atoms with Gasteiger partial charge in [0.15, 0.2) is 0 Å². The monoisotopic (exact) mass is 289 g/mol. The number of amides is 1. The predicted octanol–water partition coefficient (Wildman–Crippen LogP) is 1.77. The lowest BCUT2D eigenvalue weighted by Crippen LogP contribution is -2.30. The van der Waals surface area contributed by atoms with E-state index in [4.69, 9.17) is 4.52 Å². The highest BCUT2D eigenvalue weighted by Crippen LogP contribution is 2.14. The van der Waals surface area contributed by atoms with E-state index in [0.29, 0.717) is 18.8 Å². The van der Waals surface area contributed by atoms with Crippen molar-refractivity contribution in [3.8, 4) is 0 Å². The lowest BCUT2D eigenvalue weighted by molar-refractivity contribution is -0.120. The summed E-state index contributed by atoms with van der Waals surface area (Å²) in [5, 5.41) is 3.86. The van der Waals surface area contributed by atoms with E-state index in [1.807, 2.05) is 33.8 Å². The Bertz CT molecular complexity index is 611. The van der Waals surface area contributed by atoms with Gasteiger partial charge in [0.1, 0.15) is 5.76 Å². The van der Waals surface area contributed by atoms with E-state index in [2.05, 4.69) is 26.0 Å². The van der Waals surface area contributed by atoms with Gasteiger partial charge in [-0.2, -0.15) is 0 Å². The van der Waals surface area contributed by atoms with Crippen molar-refractivity contribution in [3.05, 3.63) is 34.5 Å². The summed E-state index contributed by atoms with van der Waals surface area (Å²) in [5.74, 6) is 1.00. The van der Waals surface area contributed by atoms with Crippen molar-refractivity contribution in [2.24, 2.45) is 0 Å². The van der Waals surface area contributed by atoms with Crippen LogP contribution >= 0.6 is 0 Å². The van der Waals surface area contributed by atoms with Gasteiger partial charge in [0, 0.05) is 23.4 Å². The first-order valence-corrected chi connectivity index (χ1v) is 6.74. The molecule has 0 unspecified atom stereocenters. The van der Waals surface area contributed by atoms with Crippen LogP contribution in [0.4, 0.5) is 5.95 Å². The van der Waals surface area contributed by atoms with Gasteiger partial charge in [-0.15, -0.1) is 0 Å². The second-order valence-electron chi connectivity index (χ2n) is 4.95. The van der Waals surface area contributed by atoms with E-state index < -0.39 is 0 Å². The molecule has 21 heavy (non-hydrogen) atoms. The molecule has 7 nitrogen and oxygen atoms in total. The Hall–Kier alpha value is -2.44. The molecule has 2 aromatic heterocycles. The van der Waals surface area contributed by atoms with Crippen LogP contribution < -0.4 is 10.9 Å². The topological polar surface area (TPSA) is 92.9 Å². The second-order valence-corrected chi connectivity index (χ2v) is 4.95. The van der Waals surface area contributed by atoms with Crippen molar-refractivity contribution in [1.29, 1.82) is 0 Å². The van der Waals surface area contributed by atoms with Crippen LogP contribution in [-0.4, -0.2) is 21.0 Å². The van der Waals surface area contributed by atoms with Gasteiger partial charge in [-0.3, -0.25) is 15.6 Å². The average Bonchev–Trinajstić information content (AvgIpc) is 2.72. The third kappa shape index (κ3) is 4.01. The number of nitrogens with zero attached hydrogens (tertiary/aromatic N) is 3. The molecular formula is C14H19N5O2. The normalized spacial score (nSPS) is 10.5. The minimum atomic E-state index is -0.141. The highest BCUT2D eigenvalue weighted by Gasteiger charge is 2.11. The van der Waals surface area contributed by atoms with Gasteiger partial charge >= 0.3 is 0 Å². The first-order chi connectivity index (χ1) is 9.95. The number of anilines is 1. The molecule has 2 N–H and O–H groups in total. The maximum atomic E-state index is 11.8. The molecule has 112 valence electrons. The fourth-order valence-electron chi connectivity index (χ4n) is 2.07. The van der Waals surface area contributed by atoms with E-state index >= 15 is 0 Å². The molecule has 0 radical (unpaired) electrons. The molecule has 0 aliphatic rings. The lowest BCUT2D eigenvalue weighted by atomic mass is 10.1. The zero-order chi connectivity index (χ0) is 15.4. The minimum Gasteiger partial charge on any atom is -0.361 e. The second kappa shape index (κ2) is 6.34. The summed E-state index contributed by atoms with van der Waals surface area (Å²) in [6.07, 6.45) is 0.920. The van der Waals surface area contributed by atoms with E-state index in [9.17, 15) is 4.79 Å². The maximum Gasteiger partial charge on any atom is 0.242 e.